The van der Waals surface area contributed by atoms with Gasteiger partial charge in [-0.2, -0.15) is 4.31 Å². The van der Waals surface area contributed by atoms with Crippen LogP contribution in [0.4, 0.5) is 0 Å². The average Bonchev–Trinajstić information content (AvgIpc) is 3.34. The molecule has 2 N–H and O–H groups in total. The number of hydrogen-bond acceptors (Lipinski definition) is 5. The van der Waals surface area contributed by atoms with E-state index in [-0.39, 0.29) is 12.6 Å². The monoisotopic (exact) mass is 449 g/mol. The zero-order chi connectivity index (χ0) is 21.9. The number of benzene rings is 1. The number of amides is 2. The quantitative estimate of drug-likeness (QED) is 0.662. The van der Waals surface area contributed by atoms with E-state index < -0.39 is 21.8 Å². The Balaban J connectivity index is 1.64. The first-order valence-electron chi connectivity index (χ1n) is 9.88. The number of nitrogens with zero attached hydrogens (tertiary/aromatic N) is 1. The van der Waals surface area contributed by atoms with Crippen molar-refractivity contribution in [1.82, 2.24) is 14.9 Å². The van der Waals surface area contributed by atoms with Gasteiger partial charge in [0, 0.05) is 24.0 Å². The molecule has 0 aliphatic carbocycles. The number of rotatable bonds is 6. The van der Waals surface area contributed by atoms with Gasteiger partial charge in [0.25, 0.3) is 0 Å². The van der Waals surface area contributed by atoms with Crippen molar-refractivity contribution in [2.24, 2.45) is 0 Å². The van der Waals surface area contributed by atoms with Crippen LogP contribution in [-0.4, -0.2) is 43.7 Å². The zero-order valence-corrected chi connectivity index (χ0v) is 19.0. The Morgan fingerprint density at radius 2 is 1.80 bits per heavy atom. The lowest BCUT2D eigenvalue weighted by molar-refractivity contribution is -0.139. The molecule has 162 valence electrons. The van der Waals surface area contributed by atoms with Gasteiger partial charge < -0.3 is 10.6 Å². The highest BCUT2D eigenvalue weighted by atomic mass is 32.2. The third kappa shape index (κ3) is 4.91. The third-order valence-corrected chi connectivity index (χ3v) is 8.34. The second-order valence-electron chi connectivity index (χ2n) is 7.61. The molecule has 30 heavy (non-hydrogen) atoms. The summed E-state index contributed by atoms with van der Waals surface area (Å²) in [4.78, 5) is 25.4. The van der Waals surface area contributed by atoms with Crippen molar-refractivity contribution >= 4 is 33.2 Å². The van der Waals surface area contributed by atoms with Gasteiger partial charge in [-0.05, 0) is 56.2 Å². The van der Waals surface area contributed by atoms with E-state index in [1.165, 1.54) is 15.6 Å². The fourth-order valence-corrected chi connectivity index (χ4v) is 6.72. The SMILES string of the molecule is Cc1cc(C)c(S(=O)(=O)N2CCC[C@@H]2CNC(=O)C(=O)NCc2cccs2)c(C)c1. The fraction of sp³-hybridized carbons (Fsp3) is 0.429. The summed E-state index contributed by atoms with van der Waals surface area (Å²) in [5.41, 5.74) is 2.45. The Labute approximate surface area is 181 Å². The van der Waals surface area contributed by atoms with Gasteiger partial charge in [0.1, 0.15) is 0 Å². The van der Waals surface area contributed by atoms with E-state index in [0.717, 1.165) is 21.6 Å². The van der Waals surface area contributed by atoms with Crippen molar-refractivity contribution in [3.8, 4) is 0 Å². The average molecular weight is 450 g/mol. The van der Waals surface area contributed by atoms with Crippen molar-refractivity contribution in [2.75, 3.05) is 13.1 Å². The number of hydrogen-bond donors (Lipinski definition) is 2. The van der Waals surface area contributed by atoms with E-state index in [0.29, 0.717) is 30.8 Å². The van der Waals surface area contributed by atoms with Crippen LogP contribution >= 0.6 is 11.3 Å². The zero-order valence-electron chi connectivity index (χ0n) is 17.4. The summed E-state index contributed by atoms with van der Waals surface area (Å²) >= 11 is 1.49. The molecule has 1 aromatic heterocycles. The Morgan fingerprint density at radius 3 is 2.43 bits per heavy atom. The molecule has 1 aromatic carbocycles. The number of carbonyl (C=O) groups is 2. The lowest BCUT2D eigenvalue weighted by atomic mass is 10.1. The lowest BCUT2D eigenvalue weighted by Crippen LogP contribution is -2.47. The molecular weight excluding hydrogens is 422 g/mol. The van der Waals surface area contributed by atoms with Gasteiger partial charge >= 0.3 is 11.8 Å². The summed E-state index contributed by atoms with van der Waals surface area (Å²) in [6.07, 6.45) is 1.36. The summed E-state index contributed by atoms with van der Waals surface area (Å²) in [6, 6.07) is 7.11. The van der Waals surface area contributed by atoms with Gasteiger partial charge in [-0.1, -0.05) is 23.8 Å². The van der Waals surface area contributed by atoms with Crippen molar-refractivity contribution < 1.29 is 18.0 Å². The Morgan fingerprint density at radius 1 is 1.13 bits per heavy atom. The van der Waals surface area contributed by atoms with Gasteiger partial charge in [-0.3, -0.25) is 9.59 Å². The van der Waals surface area contributed by atoms with Crippen LogP contribution in [0.15, 0.2) is 34.5 Å². The molecule has 0 spiro atoms. The van der Waals surface area contributed by atoms with Crippen molar-refractivity contribution in [1.29, 1.82) is 0 Å². The molecule has 0 radical (unpaired) electrons. The standard InChI is InChI=1S/C21H27N3O4S2/c1-14-10-15(2)19(16(3)11-14)30(27,28)24-8-4-6-17(24)12-22-20(25)21(26)23-13-18-7-5-9-29-18/h5,7,9-11,17H,4,6,8,12-13H2,1-3H3,(H,22,25)(H,23,26)/t17-/m1/s1. The molecule has 2 heterocycles. The topological polar surface area (TPSA) is 95.6 Å². The predicted molar refractivity (Wildman–Crippen MR) is 117 cm³/mol. The van der Waals surface area contributed by atoms with Crippen LogP contribution in [0.5, 0.6) is 0 Å². The molecule has 1 atom stereocenters. The van der Waals surface area contributed by atoms with Gasteiger partial charge in [0.05, 0.1) is 11.4 Å². The number of thiophene rings is 1. The highest BCUT2D eigenvalue weighted by Crippen LogP contribution is 2.30. The predicted octanol–water partition coefficient (Wildman–Crippen LogP) is 2.26. The smallest absolute Gasteiger partial charge is 0.309 e. The molecular formula is C21H27N3O4S2. The van der Waals surface area contributed by atoms with Crippen LogP contribution in [0, 0.1) is 20.8 Å². The minimum absolute atomic E-state index is 0.106. The summed E-state index contributed by atoms with van der Waals surface area (Å²) in [7, 11) is -3.69. The Hall–Kier alpha value is -2.23. The molecule has 2 amide bonds. The number of nitrogens with one attached hydrogen (secondary N) is 2. The molecule has 0 bridgehead atoms. The van der Waals surface area contributed by atoms with Crippen LogP contribution in [0.1, 0.15) is 34.4 Å². The summed E-state index contributed by atoms with van der Waals surface area (Å²) in [5, 5.41) is 7.06. The van der Waals surface area contributed by atoms with Crippen molar-refractivity contribution in [3.63, 3.8) is 0 Å². The Kier molecular flexibility index (Phi) is 6.95. The molecule has 1 saturated heterocycles. The van der Waals surface area contributed by atoms with Crippen LogP contribution < -0.4 is 10.6 Å². The summed E-state index contributed by atoms with van der Waals surface area (Å²) in [6.45, 7) is 6.35. The van der Waals surface area contributed by atoms with E-state index in [2.05, 4.69) is 10.6 Å². The van der Waals surface area contributed by atoms with Gasteiger partial charge in [0.15, 0.2) is 0 Å². The van der Waals surface area contributed by atoms with Gasteiger partial charge in [0.2, 0.25) is 10.0 Å². The molecule has 1 fully saturated rings. The van der Waals surface area contributed by atoms with E-state index >= 15 is 0 Å². The molecule has 0 saturated carbocycles. The van der Waals surface area contributed by atoms with Crippen molar-refractivity contribution in [2.45, 2.75) is 51.1 Å². The minimum atomic E-state index is -3.69. The van der Waals surface area contributed by atoms with E-state index in [1.807, 2.05) is 36.6 Å². The normalized spacial score (nSPS) is 17.1. The highest BCUT2D eigenvalue weighted by Gasteiger charge is 2.37. The number of sulfonamides is 1. The van der Waals surface area contributed by atoms with E-state index in [9.17, 15) is 18.0 Å². The molecule has 2 aromatic rings. The maximum Gasteiger partial charge on any atom is 0.309 e. The first kappa shape index (κ1) is 22.5. The first-order valence-corrected chi connectivity index (χ1v) is 12.2. The van der Waals surface area contributed by atoms with Crippen LogP contribution in [0.2, 0.25) is 0 Å². The minimum Gasteiger partial charge on any atom is -0.346 e. The van der Waals surface area contributed by atoms with Crippen LogP contribution in [0.3, 0.4) is 0 Å². The lowest BCUT2D eigenvalue weighted by Gasteiger charge is -2.26. The fourth-order valence-electron chi connectivity index (χ4n) is 3.97. The molecule has 0 unspecified atom stereocenters. The summed E-state index contributed by atoms with van der Waals surface area (Å²) < 4.78 is 28.2. The largest absolute Gasteiger partial charge is 0.346 e. The number of aryl methyl sites for hydroxylation is 3. The second-order valence-corrected chi connectivity index (χ2v) is 10.5. The van der Waals surface area contributed by atoms with E-state index in [1.54, 1.807) is 13.8 Å². The van der Waals surface area contributed by atoms with Gasteiger partial charge in [-0.15, -0.1) is 11.3 Å². The summed E-state index contributed by atoms with van der Waals surface area (Å²) in [5.74, 6) is -1.47. The maximum atomic E-state index is 13.3. The molecule has 1 aliphatic heterocycles. The third-order valence-electron chi connectivity index (χ3n) is 5.20. The Bertz CT molecular complexity index is 1010. The first-order chi connectivity index (χ1) is 14.2. The number of carbonyl (C=O) groups excluding carboxylic acids is 2. The second kappa shape index (κ2) is 9.28. The van der Waals surface area contributed by atoms with Crippen LogP contribution in [0.25, 0.3) is 0 Å². The highest BCUT2D eigenvalue weighted by molar-refractivity contribution is 7.89. The molecule has 9 heteroatoms. The van der Waals surface area contributed by atoms with Crippen molar-refractivity contribution in [3.05, 3.63) is 51.2 Å². The molecule has 3 rings (SSSR count). The molecule has 1 aliphatic rings. The van der Waals surface area contributed by atoms with Crippen LogP contribution in [-0.2, 0) is 26.2 Å². The van der Waals surface area contributed by atoms with E-state index in [4.69, 9.17) is 0 Å². The molecule has 7 nitrogen and oxygen atoms in total. The maximum absolute atomic E-state index is 13.3. The van der Waals surface area contributed by atoms with Gasteiger partial charge in [-0.25, -0.2) is 8.42 Å².